The normalized spacial score (nSPS) is 14.3. The molecular formula is C15H20ClN3. The van der Waals surface area contributed by atoms with Crippen molar-refractivity contribution in [2.24, 2.45) is 7.05 Å². The highest BCUT2D eigenvalue weighted by Gasteiger charge is 2.16. The van der Waals surface area contributed by atoms with E-state index in [4.69, 9.17) is 11.6 Å². The first kappa shape index (κ1) is 14.1. The summed E-state index contributed by atoms with van der Waals surface area (Å²) in [4.78, 5) is 4.39. The molecule has 102 valence electrons. The van der Waals surface area contributed by atoms with Crippen LogP contribution >= 0.6 is 11.6 Å². The molecule has 2 atom stereocenters. The third-order valence-corrected chi connectivity index (χ3v) is 3.59. The van der Waals surface area contributed by atoms with Gasteiger partial charge in [0.2, 0.25) is 0 Å². The van der Waals surface area contributed by atoms with Crippen LogP contribution in [0.1, 0.15) is 43.7 Å². The average molecular weight is 278 g/mol. The van der Waals surface area contributed by atoms with Crippen molar-refractivity contribution in [3.8, 4) is 0 Å². The fraction of sp³-hybridized carbons (Fsp3) is 0.400. The van der Waals surface area contributed by atoms with Gasteiger partial charge in [0.25, 0.3) is 0 Å². The van der Waals surface area contributed by atoms with Crippen LogP contribution in [-0.4, -0.2) is 9.55 Å². The van der Waals surface area contributed by atoms with E-state index < -0.39 is 0 Å². The number of aryl methyl sites for hydroxylation is 1. The van der Waals surface area contributed by atoms with E-state index in [1.807, 2.05) is 42.2 Å². The van der Waals surface area contributed by atoms with Crippen molar-refractivity contribution in [1.29, 1.82) is 0 Å². The molecule has 0 aliphatic rings. The number of halogens is 1. The number of hydrogen-bond acceptors (Lipinski definition) is 2. The molecule has 19 heavy (non-hydrogen) atoms. The molecular weight excluding hydrogens is 258 g/mol. The minimum atomic E-state index is 0.198. The van der Waals surface area contributed by atoms with Crippen molar-refractivity contribution in [1.82, 2.24) is 14.9 Å². The van der Waals surface area contributed by atoms with Gasteiger partial charge < -0.3 is 9.88 Å². The molecule has 0 spiro atoms. The molecule has 2 aromatic rings. The van der Waals surface area contributed by atoms with E-state index in [1.54, 1.807) is 0 Å². The Morgan fingerprint density at radius 3 is 2.79 bits per heavy atom. The van der Waals surface area contributed by atoms with E-state index >= 15 is 0 Å². The fourth-order valence-corrected chi connectivity index (χ4v) is 2.54. The van der Waals surface area contributed by atoms with Gasteiger partial charge in [0.05, 0.1) is 6.04 Å². The third kappa shape index (κ3) is 3.37. The standard InChI is InChI=1S/C15H20ClN3/c1-4-14(12-6-5-7-13(16)10-12)18-11(2)15-17-8-9-19(15)3/h5-11,14,18H,4H2,1-3H3. The molecule has 1 heterocycles. The first-order chi connectivity index (χ1) is 9.11. The van der Waals surface area contributed by atoms with E-state index in [9.17, 15) is 0 Å². The summed E-state index contributed by atoms with van der Waals surface area (Å²) < 4.78 is 2.04. The minimum Gasteiger partial charge on any atom is -0.337 e. The number of nitrogens with zero attached hydrogens (tertiary/aromatic N) is 2. The van der Waals surface area contributed by atoms with Crippen LogP contribution in [0.4, 0.5) is 0 Å². The topological polar surface area (TPSA) is 29.9 Å². The molecule has 0 aliphatic carbocycles. The quantitative estimate of drug-likeness (QED) is 0.899. The van der Waals surface area contributed by atoms with E-state index in [2.05, 4.69) is 30.2 Å². The first-order valence-electron chi connectivity index (χ1n) is 6.60. The molecule has 0 radical (unpaired) electrons. The Kier molecular flexibility index (Phi) is 4.61. The molecule has 1 N–H and O–H groups in total. The van der Waals surface area contributed by atoms with Crippen LogP contribution in [0.15, 0.2) is 36.7 Å². The zero-order valence-corrected chi connectivity index (χ0v) is 12.4. The van der Waals surface area contributed by atoms with Crippen LogP contribution in [0.2, 0.25) is 5.02 Å². The van der Waals surface area contributed by atoms with Crippen LogP contribution in [-0.2, 0) is 7.05 Å². The summed E-state index contributed by atoms with van der Waals surface area (Å²) in [6.07, 6.45) is 4.80. The number of hydrogen-bond donors (Lipinski definition) is 1. The summed E-state index contributed by atoms with van der Waals surface area (Å²) in [5.74, 6) is 1.04. The molecule has 0 saturated heterocycles. The molecule has 0 aliphatic heterocycles. The van der Waals surface area contributed by atoms with Gasteiger partial charge in [-0.15, -0.1) is 0 Å². The number of aromatic nitrogens is 2. The summed E-state index contributed by atoms with van der Waals surface area (Å²) in [5.41, 5.74) is 1.22. The highest BCUT2D eigenvalue weighted by molar-refractivity contribution is 6.30. The maximum absolute atomic E-state index is 6.06. The number of benzene rings is 1. The predicted molar refractivity (Wildman–Crippen MR) is 79.2 cm³/mol. The van der Waals surface area contributed by atoms with Crippen LogP contribution < -0.4 is 5.32 Å². The molecule has 3 nitrogen and oxygen atoms in total. The van der Waals surface area contributed by atoms with E-state index in [-0.39, 0.29) is 12.1 Å². The molecule has 0 saturated carbocycles. The first-order valence-corrected chi connectivity index (χ1v) is 6.98. The van der Waals surface area contributed by atoms with Gasteiger partial charge in [-0.1, -0.05) is 30.7 Å². The monoisotopic (exact) mass is 277 g/mol. The maximum atomic E-state index is 6.06. The van der Waals surface area contributed by atoms with E-state index in [0.29, 0.717) is 0 Å². The largest absolute Gasteiger partial charge is 0.337 e. The SMILES string of the molecule is CCC(NC(C)c1nccn1C)c1cccc(Cl)c1. The van der Waals surface area contributed by atoms with Crippen LogP contribution in [0, 0.1) is 0 Å². The maximum Gasteiger partial charge on any atom is 0.125 e. The molecule has 2 unspecified atom stereocenters. The van der Waals surface area contributed by atoms with Gasteiger partial charge in [-0.3, -0.25) is 0 Å². The Hall–Kier alpha value is -1.32. The van der Waals surface area contributed by atoms with Crippen molar-refractivity contribution in [3.63, 3.8) is 0 Å². The van der Waals surface area contributed by atoms with Crippen molar-refractivity contribution >= 4 is 11.6 Å². The summed E-state index contributed by atoms with van der Waals surface area (Å²) in [6, 6.07) is 8.51. The van der Waals surface area contributed by atoms with Gasteiger partial charge in [0.1, 0.15) is 5.82 Å². The van der Waals surface area contributed by atoms with Gasteiger partial charge in [-0.2, -0.15) is 0 Å². The van der Waals surface area contributed by atoms with Gasteiger partial charge in [0, 0.05) is 30.5 Å². The van der Waals surface area contributed by atoms with Crippen molar-refractivity contribution < 1.29 is 0 Å². The van der Waals surface area contributed by atoms with Gasteiger partial charge in [-0.05, 0) is 31.0 Å². The van der Waals surface area contributed by atoms with Crippen molar-refractivity contribution in [3.05, 3.63) is 53.1 Å². The average Bonchev–Trinajstić information content (AvgIpc) is 2.82. The third-order valence-electron chi connectivity index (χ3n) is 3.36. The predicted octanol–water partition coefficient (Wildman–Crippen LogP) is 3.88. The summed E-state index contributed by atoms with van der Waals surface area (Å²) in [6.45, 7) is 4.30. The van der Waals surface area contributed by atoms with E-state index in [1.165, 1.54) is 5.56 Å². The molecule has 2 rings (SSSR count). The molecule has 4 heteroatoms. The second kappa shape index (κ2) is 6.22. The molecule has 1 aromatic heterocycles. The summed E-state index contributed by atoms with van der Waals surface area (Å²) in [5, 5.41) is 4.39. The van der Waals surface area contributed by atoms with Gasteiger partial charge in [-0.25, -0.2) is 4.98 Å². The Morgan fingerprint density at radius 2 is 2.21 bits per heavy atom. The Morgan fingerprint density at radius 1 is 1.42 bits per heavy atom. The van der Waals surface area contributed by atoms with Crippen molar-refractivity contribution in [2.45, 2.75) is 32.4 Å². The van der Waals surface area contributed by atoms with Crippen LogP contribution in [0.5, 0.6) is 0 Å². The highest BCUT2D eigenvalue weighted by atomic mass is 35.5. The highest BCUT2D eigenvalue weighted by Crippen LogP contribution is 2.23. The zero-order chi connectivity index (χ0) is 13.8. The molecule has 1 aromatic carbocycles. The Labute approximate surface area is 119 Å². The van der Waals surface area contributed by atoms with Gasteiger partial charge in [0.15, 0.2) is 0 Å². The molecule has 0 amide bonds. The molecule has 0 bridgehead atoms. The lowest BCUT2D eigenvalue weighted by Crippen LogP contribution is -2.26. The van der Waals surface area contributed by atoms with Crippen molar-refractivity contribution in [2.75, 3.05) is 0 Å². The number of nitrogens with one attached hydrogen (secondary N) is 1. The van der Waals surface area contributed by atoms with Crippen LogP contribution in [0.3, 0.4) is 0 Å². The van der Waals surface area contributed by atoms with Gasteiger partial charge >= 0.3 is 0 Å². The zero-order valence-electron chi connectivity index (χ0n) is 11.6. The second-order valence-electron chi connectivity index (χ2n) is 4.80. The summed E-state index contributed by atoms with van der Waals surface area (Å²) in [7, 11) is 2.01. The smallest absolute Gasteiger partial charge is 0.125 e. The lowest BCUT2D eigenvalue weighted by Gasteiger charge is -2.22. The Bertz CT molecular complexity index is 536. The lowest BCUT2D eigenvalue weighted by molar-refractivity contribution is 0.435. The lowest BCUT2D eigenvalue weighted by atomic mass is 10.0. The Balaban J connectivity index is 2.13. The minimum absolute atomic E-state index is 0.198. The van der Waals surface area contributed by atoms with E-state index in [0.717, 1.165) is 17.3 Å². The fourth-order valence-electron chi connectivity index (χ4n) is 2.34. The summed E-state index contributed by atoms with van der Waals surface area (Å²) >= 11 is 6.06. The molecule has 0 fully saturated rings. The second-order valence-corrected chi connectivity index (χ2v) is 5.24. The van der Waals surface area contributed by atoms with Crippen LogP contribution in [0.25, 0.3) is 0 Å². The number of rotatable bonds is 5. The number of imidazole rings is 1.